The van der Waals surface area contributed by atoms with Gasteiger partial charge in [0.05, 0.1) is 17.2 Å². The third-order valence-corrected chi connectivity index (χ3v) is 6.61. The van der Waals surface area contributed by atoms with E-state index < -0.39 is 23.6 Å². The summed E-state index contributed by atoms with van der Waals surface area (Å²) in [5, 5.41) is 18.5. The van der Waals surface area contributed by atoms with E-state index in [1.54, 1.807) is 13.2 Å². The zero-order valence-corrected chi connectivity index (χ0v) is 20.0. The minimum atomic E-state index is -0.761. The van der Waals surface area contributed by atoms with Crippen molar-refractivity contribution in [2.75, 3.05) is 5.32 Å². The number of benzene rings is 3. The van der Waals surface area contributed by atoms with Gasteiger partial charge in [-0.2, -0.15) is 5.10 Å². The van der Waals surface area contributed by atoms with Crippen LogP contribution in [0.2, 0.25) is 0 Å². The number of nitrogens with one attached hydrogen (secondary N) is 1. The van der Waals surface area contributed by atoms with Crippen LogP contribution in [0.25, 0.3) is 10.8 Å². The van der Waals surface area contributed by atoms with E-state index in [1.165, 1.54) is 4.68 Å². The summed E-state index contributed by atoms with van der Waals surface area (Å²) in [6, 6.07) is 21.1. The molecule has 2 N–H and O–H groups in total. The fourth-order valence-electron chi connectivity index (χ4n) is 4.27. The number of hydrogen-bond donors (Lipinski definition) is 2. The first kappa shape index (κ1) is 23.2. The van der Waals surface area contributed by atoms with Crippen LogP contribution in [0.1, 0.15) is 48.1 Å². The van der Waals surface area contributed by atoms with Gasteiger partial charge in [-0.15, -0.1) is 0 Å². The molecule has 3 aromatic carbocycles. The van der Waals surface area contributed by atoms with Crippen LogP contribution in [0.5, 0.6) is 0 Å². The largest absolute Gasteiger partial charge is 0.481 e. The molecule has 0 radical (unpaired) electrons. The first-order chi connectivity index (χ1) is 17.4. The zero-order valence-electron chi connectivity index (χ0n) is 20.0. The number of amides is 1. The summed E-state index contributed by atoms with van der Waals surface area (Å²) in [5.74, 6) is 5.90. The van der Waals surface area contributed by atoms with Gasteiger partial charge < -0.3 is 9.84 Å². The third kappa shape index (κ3) is 4.53. The summed E-state index contributed by atoms with van der Waals surface area (Å²) in [6.45, 7) is 1.81. The third-order valence-electron chi connectivity index (χ3n) is 6.61. The molecule has 5 rings (SSSR count). The van der Waals surface area contributed by atoms with Crippen molar-refractivity contribution in [3.63, 3.8) is 0 Å². The highest BCUT2D eigenvalue weighted by molar-refractivity contribution is 5.90. The van der Waals surface area contributed by atoms with Gasteiger partial charge in [0.2, 0.25) is 0 Å². The Balaban J connectivity index is 1.32. The number of anilines is 1. The number of nitrogens with zero attached hydrogens (tertiary/aromatic N) is 2. The summed E-state index contributed by atoms with van der Waals surface area (Å²) in [4.78, 5) is 24.2. The van der Waals surface area contributed by atoms with Crippen molar-refractivity contribution in [3.8, 4) is 11.8 Å². The van der Waals surface area contributed by atoms with Crippen LogP contribution in [0, 0.1) is 11.8 Å². The van der Waals surface area contributed by atoms with Crippen LogP contribution < -0.4 is 5.32 Å². The molecular formula is C29H25N3O4. The predicted octanol–water partition coefficient (Wildman–Crippen LogP) is 5.40. The number of carboxylic acid groups (broad SMARTS) is 1. The van der Waals surface area contributed by atoms with Crippen LogP contribution in [0.3, 0.4) is 0 Å². The number of rotatable bonds is 5. The molecule has 1 saturated carbocycles. The van der Waals surface area contributed by atoms with Gasteiger partial charge in [0, 0.05) is 12.6 Å². The Morgan fingerprint density at radius 1 is 1.06 bits per heavy atom. The Kier molecular flexibility index (Phi) is 5.95. The molecule has 0 bridgehead atoms. The van der Waals surface area contributed by atoms with E-state index in [0.717, 1.165) is 27.5 Å². The summed E-state index contributed by atoms with van der Waals surface area (Å²) in [6.07, 6.45) is 1.96. The number of ether oxygens (including phenoxy) is 1. The van der Waals surface area contributed by atoms with Crippen LogP contribution >= 0.6 is 0 Å². The molecule has 180 valence electrons. The molecule has 7 heteroatoms. The quantitative estimate of drug-likeness (QED) is 0.374. The predicted molar refractivity (Wildman–Crippen MR) is 137 cm³/mol. The van der Waals surface area contributed by atoms with E-state index in [0.29, 0.717) is 24.2 Å². The lowest BCUT2D eigenvalue weighted by atomic mass is 9.93. The normalized spacial score (nSPS) is 14.4. The van der Waals surface area contributed by atoms with Gasteiger partial charge in [-0.05, 0) is 53.8 Å². The number of carbonyl (C=O) groups excluding carboxylic acids is 1. The molecule has 1 aromatic heterocycles. The van der Waals surface area contributed by atoms with Crippen molar-refractivity contribution in [3.05, 3.63) is 95.2 Å². The Morgan fingerprint density at radius 2 is 1.78 bits per heavy atom. The minimum absolute atomic E-state index is 0.405. The molecule has 36 heavy (non-hydrogen) atoms. The number of aryl methyl sites for hydroxylation is 1. The second-order valence-corrected chi connectivity index (χ2v) is 9.03. The summed E-state index contributed by atoms with van der Waals surface area (Å²) in [5.41, 5.74) is 2.38. The molecule has 1 aliphatic carbocycles. The zero-order chi connectivity index (χ0) is 25.3. The van der Waals surface area contributed by atoms with Crippen LogP contribution in [-0.2, 0) is 22.0 Å². The van der Waals surface area contributed by atoms with E-state index in [4.69, 9.17) is 4.74 Å². The lowest BCUT2D eigenvalue weighted by Crippen LogP contribution is -2.19. The summed E-state index contributed by atoms with van der Waals surface area (Å²) < 4.78 is 7.05. The van der Waals surface area contributed by atoms with Gasteiger partial charge in [-0.25, -0.2) is 4.79 Å². The lowest BCUT2D eigenvalue weighted by Gasteiger charge is -2.14. The smallest absolute Gasteiger partial charge is 0.413 e. The fourth-order valence-corrected chi connectivity index (χ4v) is 4.27. The fraction of sp³-hybridized carbons (Fsp3) is 0.207. The number of aromatic nitrogens is 2. The number of carboxylic acids is 1. The molecule has 4 aromatic rings. The maximum absolute atomic E-state index is 12.5. The Hall–Kier alpha value is -4.57. The average Bonchev–Trinajstić information content (AvgIpc) is 3.63. The van der Waals surface area contributed by atoms with Gasteiger partial charge >= 0.3 is 12.1 Å². The second-order valence-electron chi connectivity index (χ2n) is 9.03. The van der Waals surface area contributed by atoms with Gasteiger partial charge in [-0.3, -0.25) is 14.8 Å². The second kappa shape index (κ2) is 9.23. The number of aliphatic carboxylic acids is 1. The highest BCUT2D eigenvalue weighted by Crippen LogP contribution is 2.48. The average molecular weight is 480 g/mol. The molecule has 1 amide bonds. The highest BCUT2D eigenvalue weighted by atomic mass is 16.6. The van der Waals surface area contributed by atoms with Crippen molar-refractivity contribution >= 4 is 28.7 Å². The van der Waals surface area contributed by atoms with Crippen LogP contribution in [-0.4, -0.2) is 26.9 Å². The first-order valence-corrected chi connectivity index (χ1v) is 11.7. The van der Waals surface area contributed by atoms with Crippen molar-refractivity contribution < 1.29 is 19.4 Å². The molecule has 1 atom stereocenters. The van der Waals surface area contributed by atoms with Gasteiger partial charge in [0.1, 0.15) is 11.9 Å². The summed E-state index contributed by atoms with van der Waals surface area (Å²) >= 11 is 0. The van der Waals surface area contributed by atoms with Crippen molar-refractivity contribution in [1.29, 1.82) is 0 Å². The molecular weight excluding hydrogens is 454 g/mol. The van der Waals surface area contributed by atoms with Gasteiger partial charge in [-0.1, -0.05) is 66.4 Å². The number of carbonyl (C=O) groups is 2. The molecule has 0 saturated heterocycles. The Morgan fingerprint density at radius 3 is 2.50 bits per heavy atom. The van der Waals surface area contributed by atoms with E-state index in [1.807, 2.05) is 73.7 Å². The molecule has 7 nitrogen and oxygen atoms in total. The van der Waals surface area contributed by atoms with Crippen LogP contribution in [0.15, 0.2) is 72.9 Å². The van der Waals surface area contributed by atoms with Gasteiger partial charge in [0.15, 0.2) is 0 Å². The molecule has 1 fully saturated rings. The number of fused-ring (bicyclic) bond motifs is 1. The van der Waals surface area contributed by atoms with Crippen molar-refractivity contribution in [2.24, 2.45) is 7.05 Å². The highest BCUT2D eigenvalue weighted by Gasteiger charge is 2.51. The Bertz CT molecular complexity index is 1520. The molecule has 0 aliphatic heterocycles. The number of hydrogen-bond acceptors (Lipinski definition) is 4. The maximum atomic E-state index is 12.5. The van der Waals surface area contributed by atoms with E-state index >= 15 is 0 Å². The minimum Gasteiger partial charge on any atom is -0.481 e. The lowest BCUT2D eigenvalue weighted by molar-refractivity contribution is -0.140. The SMILES string of the molecule is CC(OC(=O)Nc1c(C#Cc2ccc3cc(C4(C(=O)O)CC4)ccc3c2)cnn1C)c1ccccc1. The molecule has 1 heterocycles. The summed E-state index contributed by atoms with van der Waals surface area (Å²) in [7, 11) is 1.72. The van der Waals surface area contributed by atoms with E-state index in [2.05, 4.69) is 22.3 Å². The van der Waals surface area contributed by atoms with Crippen LogP contribution in [0.4, 0.5) is 10.6 Å². The standard InChI is InChI=1S/C29H25N3O4/c1-19(21-6-4-3-5-7-21)36-28(35)31-26-24(18-30-32(26)2)11-9-20-8-10-23-17-25(13-12-22(23)16-20)29(14-15-29)27(33)34/h3-8,10,12-13,16-19H,14-15H2,1-2H3,(H,31,35)(H,33,34). The molecule has 1 aliphatic rings. The Labute approximate surface area is 208 Å². The first-order valence-electron chi connectivity index (χ1n) is 11.7. The monoisotopic (exact) mass is 479 g/mol. The van der Waals surface area contributed by atoms with Gasteiger partial charge in [0.25, 0.3) is 0 Å². The van der Waals surface area contributed by atoms with E-state index in [-0.39, 0.29) is 0 Å². The molecule has 0 spiro atoms. The van der Waals surface area contributed by atoms with Crippen molar-refractivity contribution in [1.82, 2.24) is 9.78 Å². The van der Waals surface area contributed by atoms with Crippen molar-refractivity contribution in [2.45, 2.75) is 31.3 Å². The maximum Gasteiger partial charge on any atom is 0.413 e. The molecule has 1 unspecified atom stereocenters. The van der Waals surface area contributed by atoms with E-state index in [9.17, 15) is 14.7 Å². The topological polar surface area (TPSA) is 93.4 Å².